The highest BCUT2D eigenvalue weighted by Gasteiger charge is 2.28. The molecular formula is C6H14N2OS. The van der Waals surface area contributed by atoms with Gasteiger partial charge in [-0.25, -0.2) is 8.51 Å². The monoisotopic (exact) mass is 162 g/mol. The summed E-state index contributed by atoms with van der Waals surface area (Å²) in [6.07, 6.45) is 1.70. The third kappa shape index (κ3) is 1.56. The van der Waals surface area contributed by atoms with E-state index in [1.165, 1.54) is 0 Å². The smallest absolute Gasteiger partial charge is 0.0911 e. The molecular weight excluding hydrogens is 148 g/mol. The van der Waals surface area contributed by atoms with Crippen molar-refractivity contribution in [3.05, 3.63) is 0 Å². The highest BCUT2D eigenvalue weighted by molar-refractivity contribution is 7.81. The van der Waals surface area contributed by atoms with E-state index in [0.717, 1.165) is 13.1 Å². The molecule has 1 aliphatic heterocycles. The molecule has 0 spiro atoms. The van der Waals surface area contributed by atoms with Crippen LogP contribution in [0.4, 0.5) is 0 Å². The molecule has 2 N–H and O–H groups in total. The Balaban J connectivity index is 2.49. The standard InChI is InChI=1S/C6H14N2OS/c1-5-3-8(10(2)9)4-6(5)7/h5-6H,3-4,7H2,1-2H3. The molecule has 3 atom stereocenters. The minimum absolute atomic E-state index is 0.212. The zero-order valence-electron chi connectivity index (χ0n) is 6.41. The summed E-state index contributed by atoms with van der Waals surface area (Å²) in [7, 11) is -0.829. The van der Waals surface area contributed by atoms with E-state index in [1.54, 1.807) is 6.26 Å². The van der Waals surface area contributed by atoms with Gasteiger partial charge in [0.05, 0.1) is 11.0 Å². The van der Waals surface area contributed by atoms with E-state index >= 15 is 0 Å². The van der Waals surface area contributed by atoms with Gasteiger partial charge in [-0.05, 0) is 5.92 Å². The first-order valence-electron chi connectivity index (χ1n) is 3.45. The van der Waals surface area contributed by atoms with Crippen molar-refractivity contribution in [2.45, 2.75) is 13.0 Å². The third-order valence-corrected chi connectivity index (χ3v) is 3.03. The molecule has 0 aliphatic carbocycles. The van der Waals surface area contributed by atoms with Crippen molar-refractivity contribution in [1.29, 1.82) is 0 Å². The second-order valence-corrected chi connectivity index (χ2v) is 4.28. The Labute approximate surface area is 64.2 Å². The maximum absolute atomic E-state index is 10.9. The van der Waals surface area contributed by atoms with Crippen molar-refractivity contribution in [1.82, 2.24) is 4.31 Å². The Bertz CT molecular complexity index is 141. The summed E-state index contributed by atoms with van der Waals surface area (Å²) in [6.45, 7) is 3.76. The Kier molecular flexibility index (Phi) is 2.44. The average molecular weight is 162 g/mol. The van der Waals surface area contributed by atoms with Crippen LogP contribution in [0.5, 0.6) is 0 Å². The van der Waals surface area contributed by atoms with Gasteiger partial charge in [0, 0.05) is 25.4 Å². The molecule has 0 saturated carbocycles. The van der Waals surface area contributed by atoms with Crippen LogP contribution in [0.3, 0.4) is 0 Å². The lowest BCUT2D eigenvalue weighted by Crippen LogP contribution is -2.29. The maximum Gasteiger partial charge on any atom is 0.0911 e. The molecule has 0 bridgehead atoms. The highest BCUT2D eigenvalue weighted by atomic mass is 32.2. The van der Waals surface area contributed by atoms with Crippen molar-refractivity contribution < 1.29 is 4.21 Å². The van der Waals surface area contributed by atoms with Crippen molar-refractivity contribution in [2.24, 2.45) is 11.7 Å². The second-order valence-electron chi connectivity index (χ2n) is 2.91. The van der Waals surface area contributed by atoms with Gasteiger partial charge in [0.15, 0.2) is 0 Å². The van der Waals surface area contributed by atoms with Gasteiger partial charge < -0.3 is 5.73 Å². The van der Waals surface area contributed by atoms with E-state index in [9.17, 15) is 4.21 Å². The summed E-state index contributed by atoms with van der Waals surface area (Å²) in [4.78, 5) is 0. The first-order chi connectivity index (χ1) is 4.61. The first-order valence-corrected chi connectivity index (χ1v) is 4.97. The molecule has 1 fully saturated rings. The van der Waals surface area contributed by atoms with Crippen molar-refractivity contribution in [3.8, 4) is 0 Å². The Morgan fingerprint density at radius 2 is 2.20 bits per heavy atom. The first kappa shape index (κ1) is 8.17. The van der Waals surface area contributed by atoms with Gasteiger partial charge in [-0.2, -0.15) is 0 Å². The SMILES string of the molecule is CC1CN(S(C)=O)CC1N. The van der Waals surface area contributed by atoms with Crippen LogP contribution in [-0.4, -0.2) is 33.9 Å². The van der Waals surface area contributed by atoms with E-state index in [0.29, 0.717) is 5.92 Å². The van der Waals surface area contributed by atoms with Crippen molar-refractivity contribution >= 4 is 11.0 Å². The van der Waals surface area contributed by atoms with Crippen molar-refractivity contribution in [2.75, 3.05) is 19.3 Å². The number of rotatable bonds is 1. The fourth-order valence-corrected chi connectivity index (χ4v) is 1.98. The molecule has 1 saturated heterocycles. The topological polar surface area (TPSA) is 46.3 Å². The summed E-state index contributed by atoms with van der Waals surface area (Å²) in [5.41, 5.74) is 5.73. The third-order valence-electron chi connectivity index (χ3n) is 2.00. The summed E-state index contributed by atoms with van der Waals surface area (Å²) in [6, 6.07) is 0.212. The average Bonchev–Trinajstić information content (AvgIpc) is 2.13. The molecule has 0 aromatic heterocycles. The van der Waals surface area contributed by atoms with Crippen LogP contribution in [0.2, 0.25) is 0 Å². The van der Waals surface area contributed by atoms with Gasteiger partial charge in [0.1, 0.15) is 0 Å². The van der Waals surface area contributed by atoms with E-state index in [-0.39, 0.29) is 6.04 Å². The molecule has 0 amide bonds. The zero-order chi connectivity index (χ0) is 7.72. The molecule has 3 unspecified atom stereocenters. The second kappa shape index (κ2) is 2.98. The normalized spacial score (nSPS) is 38.3. The lowest BCUT2D eigenvalue weighted by atomic mass is 10.1. The molecule has 10 heavy (non-hydrogen) atoms. The van der Waals surface area contributed by atoms with Gasteiger partial charge in [-0.3, -0.25) is 0 Å². The van der Waals surface area contributed by atoms with Gasteiger partial charge in [0.25, 0.3) is 0 Å². The zero-order valence-corrected chi connectivity index (χ0v) is 7.23. The van der Waals surface area contributed by atoms with E-state index in [2.05, 4.69) is 6.92 Å². The van der Waals surface area contributed by atoms with E-state index < -0.39 is 11.0 Å². The Hall–Kier alpha value is 0.0700. The molecule has 0 aromatic carbocycles. The lowest BCUT2D eigenvalue weighted by molar-refractivity contribution is 0.516. The van der Waals surface area contributed by atoms with Crippen LogP contribution >= 0.6 is 0 Å². The summed E-state index contributed by atoms with van der Waals surface area (Å²) < 4.78 is 12.8. The lowest BCUT2D eigenvalue weighted by Gasteiger charge is -2.09. The molecule has 1 heterocycles. The number of hydrogen-bond acceptors (Lipinski definition) is 2. The Morgan fingerprint density at radius 3 is 2.40 bits per heavy atom. The molecule has 60 valence electrons. The molecule has 3 nitrogen and oxygen atoms in total. The number of nitrogens with zero attached hydrogens (tertiary/aromatic N) is 1. The van der Waals surface area contributed by atoms with Crippen LogP contribution in [0.15, 0.2) is 0 Å². The number of nitrogens with two attached hydrogens (primary N) is 1. The van der Waals surface area contributed by atoms with Gasteiger partial charge >= 0.3 is 0 Å². The summed E-state index contributed by atoms with van der Waals surface area (Å²) in [5, 5.41) is 0. The maximum atomic E-state index is 10.9. The van der Waals surface area contributed by atoms with Crippen LogP contribution in [0, 0.1) is 5.92 Å². The number of hydrogen-bond donors (Lipinski definition) is 1. The van der Waals surface area contributed by atoms with E-state index in [4.69, 9.17) is 5.73 Å². The highest BCUT2D eigenvalue weighted by Crippen LogP contribution is 2.14. The molecule has 4 heteroatoms. The van der Waals surface area contributed by atoms with Gasteiger partial charge in [-0.1, -0.05) is 6.92 Å². The summed E-state index contributed by atoms with van der Waals surface area (Å²) >= 11 is 0. The quantitative estimate of drug-likeness (QED) is 0.568. The van der Waals surface area contributed by atoms with E-state index in [1.807, 2.05) is 4.31 Å². The largest absolute Gasteiger partial charge is 0.326 e. The fraction of sp³-hybridized carbons (Fsp3) is 1.00. The molecule has 1 rings (SSSR count). The van der Waals surface area contributed by atoms with Crippen LogP contribution in [0.1, 0.15) is 6.92 Å². The van der Waals surface area contributed by atoms with Crippen LogP contribution in [0.25, 0.3) is 0 Å². The minimum Gasteiger partial charge on any atom is -0.326 e. The van der Waals surface area contributed by atoms with Gasteiger partial charge in [0.2, 0.25) is 0 Å². The molecule has 0 aromatic rings. The predicted molar refractivity (Wildman–Crippen MR) is 42.8 cm³/mol. The van der Waals surface area contributed by atoms with Gasteiger partial charge in [-0.15, -0.1) is 0 Å². The van der Waals surface area contributed by atoms with Crippen molar-refractivity contribution in [3.63, 3.8) is 0 Å². The predicted octanol–water partition coefficient (Wildman–Crippen LogP) is -0.441. The fourth-order valence-electron chi connectivity index (χ4n) is 1.16. The van der Waals surface area contributed by atoms with Crippen LogP contribution < -0.4 is 5.73 Å². The Morgan fingerprint density at radius 1 is 1.60 bits per heavy atom. The minimum atomic E-state index is -0.829. The molecule has 0 radical (unpaired) electrons. The van der Waals surface area contributed by atoms with Crippen LogP contribution in [-0.2, 0) is 11.0 Å². The summed E-state index contributed by atoms with van der Waals surface area (Å²) in [5.74, 6) is 0.490. The molecule has 1 aliphatic rings.